The third-order valence-corrected chi connectivity index (χ3v) is 5.53. The van der Waals surface area contributed by atoms with Crippen molar-refractivity contribution in [3.05, 3.63) is 0 Å². The van der Waals surface area contributed by atoms with E-state index >= 15 is 0 Å². The Hall–Kier alpha value is -1.55. The molecule has 3 rings (SSSR count). The van der Waals surface area contributed by atoms with E-state index in [-0.39, 0.29) is 12.7 Å². The van der Waals surface area contributed by atoms with Crippen molar-refractivity contribution in [3.63, 3.8) is 0 Å². The molecule has 3 saturated heterocycles. The Bertz CT molecular complexity index is 524. The smallest absolute Gasteiger partial charge is 0.384 e. The van der Waals surface area contributed by atoms with E-state index in [4.69, 9.17) is 4.74 Å². The number of piperidine rings is 2. The van der Waals surface area contributed by atoms with Gasteiger partial charge in [0.25, 0.3) is 0 Å². The molecule has 9 nitrogen and oxygen atoms in total. The largest absolute Gasteiger partial charge is 0.404 e. The summed E-state index contributed by atoms with van der Waals surface area (Å²) in [5.74, 6) is -2.65. The number of hydrogen-bond donors (Lipinski definition) is 2. The molecule has 0 aliphatic carbocycles. The van der Waals surface area contributed by atoms with Crippen LogP contribution in [0.2, 0.25) is 0 Å². The lowest BCUT2D eigenvalue weighted by Crippen LogP contribution is -2.55. The predicted octanol–water partition coefficient (Wildman–Crippen LogP) is -1.28. The molecule has 0 aromatic carbocycles. The van der Waals surface area contributed by atoms with Gasteiger partial charge in [-0.2, -0.15) is 0 Å². The molecule has 0 saturated carbocycles. The van der Waals surface area contributed by atoms with Crippen LogP contribution in [-0.4, -0.2) is 98.8 Å². The molecular weight excluding hydrogens is 352 g/mol. The van der Waals surface area contributed by atoms with E-state index in [1.165, 1.54) is 4.90 Å². The van der Waals surface area contributed by atoms with Crippen molar-refractivity contribution < 1.29 is 23.9 Å². The van der Waals surface area contributed by atoms with Crippen LogP contribution in [0.1, 0.15) is 25.7 Å². The monoisotopic (exact) mass is 382 g/mol. The van der Waals surface area contributed by atoms with E-state index in [1.54, 1.807) is 0 Å². The van der Waals surface area contributed by atoms with E-state index in [0.29, 0.717) is 19.1 Å². The van der Waals surface area contributed by atoms with Gasteiger partial charge in [0.05, 0.1) is 6.10 Å². The van der Waals surface area contributed by atoms with Crippen LogP contribution in [0.25, 0.3) is 0 Å². The number of piperazine rings is 1. The Morgan fingerprint density at radius 2 is 1.44 bits per heavy atom. The predicted molar refractivity (Wildman–Crippen MR) is 97.0 cm³/mol. The van der Waals surface area contributed by atoms with Gasteiger partial charge in [-0.25, -0.2) is 9.59 Å². The molecule has 0 spiro atoms. The lowest BCUT2D eigenvalue weighted by Gasteiger charge is -2.40. The van der Waals surface area contributed by atoms with Crippen LogP contribution < -0.4 is 10.6 Å². The van der Waals surface area contributed by atoms with Crippen LogP contribution in [-0.2, 0) is 23.9 Å². The number of amides is 1. The Kier molecular flexibility index (Phi) is 7.57. The molecule has 27 heavy (non-hydrogen) atoms. The zero-order valence-corrected chi connectivity index (χ0v) is 15.8. The van der Waals surface area contributed by atoms with Crippen LogP contribution >= 0.6 is 0 Å². The summed E-state index contributed by atoms with van der Waals surface area (Å²) in [5.41, 5.74) is 0. The molecule has 2 N–H and O–H groups in total. The Labute approximate surface area is 159 Å². The number of carbonyl (C=O) groups is 3. The highest BCUT2D eigenvalue weighted by molar-refractivity contribution is 6.34. The molecule has 3 aliphatic heterocycles. The van der Waals surface area contributed by atoms with Crippen LogP contribution in [0.4, 0.5) is 0 Å². The SMILES string of the molecule is O=C(COC1CCNCC1)OC(=O)C(=O)N1CCN(C2CCNCC2)CC1. The molecule has 0 aromatic rings. The fraction of sp³-hybridized carbons (Fsp3) is 0.833. The Morgan fingerprint density at radius 1 is 0.852 bits per heavy atom. The second-order valence-electron chi connectivity index (χ2n) is 7.33. The molecule has 0 atom stereocenters. The minimum absolute atomic E-state index is 0.00679. The zero-order valence-electron chi connectivity index (χ0n) is 15.8. The summed E-state index contributed by atoms with van der Waals surface area (Å²) in [7, 11) is 0. The highest BCUT2D eigenvalue weighted by Crippen LogP contribution is 2.14. The molecule has 9 heteroatoms. The van der Waals surface area contributed by atoms with E-state index < -0.39 is 17.8 Å². The van der Waals surface area contributed by atoms with Gasteiger partial charge in [0.1, 0.15) is 6.61 Å². The molecule has 0 radical (unpaired) electrons. The summed E-state index contributed by atoms with van der Waals surface area (Å²) < 4.78 is 10.1. The van der Waals surface area contributed by atoms with Gasteiger partial charge in [0.2, 0.25) is 0 Å². The summed E-state index contributed by atoms with van der Waals surface area (Å²) in [6.45, 7) is 5.91. The number of hydrogen-bond acceptors (Lipinski definition) is 8. The van der Waals surface area contributed by atoms with Gasteiger partial charge in [-0.15, -0.1) is 0 Å². The number of carbonyl (C=O) groups excluding carboxylic acids is 3. The Balaban J connectivity index is 1.36. The van der Waals surface area contributed by atoms with Gasteiger partial charge in [0, 0.05) is 32.2 Å². The van der Waals surface area contributed by atoms with E-state index in [2.05, 4.69) is 20.3 Å². The number of nitrogens with one attached hydrogen (secondary N) is 2. The van der Waals surface area contributed by atoms with Crippen LogP contribution in [0.15, 0.2) is 0 Å². The lowest BCUT2D eigenvalue weighted by molar-refractivity contribution is -0.171. The van der Waals surface area contributed by atoms with Crippen molar-refractivity contribution >= 4 is 17.8 Å². The first-order chi connectivity index (χ1) is 13.1. The maximum absolute atomic E-state index is 12.2. The molecule has 0 bridgehead atoms. The van der Waals surface area contributed by atoms with Gasteiger partial charge >= 0.3 is 17.8 Å². The summed E-state index contributed by atoms with van der Waals surface area (Å²) in [6.07, 6.45) is 3.86. The van der Waals surface area contributed by atoms with E-state index in [1.807, 2.05) is 0 Å². The molecule has 3 heterocycles. The van der Waals surface area contributed by atoms with Crippen LogP contribution in [0.5, 0.6) is 0 Å². The fourth-order valence-electron chi connectivity index (χ4n) is 3.92. The van der Waals surface area contributed by atoms with Crippen LogP contribution in [0.3, 0.4) is 0 Å². The molecule has 152 valence electrons. The van der Waals surface area contributed by atoms with Crippen molar-refractivity contribution in [1.82, 2.24) is 20.4 Å². The van der Waals surface area contributed by atoms with Gasteiger partial charge in [-0.05, 0) is 51.9 Å². The van der Waals surface area contributed by atoms with Gasteiger partial charge in [0.15, 0.2) is 0 Å². The number of rotatable bonds is 4. The molecule has 1 amide bonds. The first-order valence-corrected chi connectivity index (χ1v) is 9.94. The first kappa shape index (κ1) is 20.2. The standard InChI is InChI=1S/C18H30N4O5/c23-16(13-26-15-3-7-20-8-4-15)27-18(25)17(24)22-11-9-21(10-12-22)14-1-5-19-6-2-14/h14-15,19-20H,1-13H2. The first-order valence-electron chi connectivity index (χ1n) is 9.94. The third kappa shape index (κ3) is 5.97. The summed E-state index contributed by atoms with van der Waals surface area (Å²) in [6, 6.07) is 0.546. The Morgan fingerprint density at radius 3 is 2.07 bits per heavy atom. The number of nitrogens with zero attached hydrogens (tertiary/aromatic N) is 2. The minimum Gasteiger partial charge on any atom is -0.384 e. The summed E-state index contributed by atoms with van der Waals surface area (Å²) in [4.78, 5) is 39.8. The van der Waals surface area contributed by atoms with Gasteiger partial charge in [-0.3, -0.25) is 9.69 Å². The van der Waals surface area contributed by atoms with Gasteiger partial charge < -0.3 is 25.0 Å². The average Bonchev–Trinajstić information content (AvgIpc) is 2.73. The highest BCUT2D eigenvalue weighted by atomic mass is 16.6. The second-order valence-corrected chi connectivity index (χ2v) is 7.33. The molecule has 3 aliphatic rings. The molecule has 3 fully saturated rings. The summed E-state index contributed by atoms with van der Waals surface area (Å²) >= 11 is 0. The third-order valence-electron chi connectivity index (χ3n) is 5.53. The topological polar surface area (TPSA) is 100 Å². The van der Waals surface area contributed by atoms with E-state index in [9.17, 15) is 14.4 Å². The number of ether oxygens (including phenoxy) is 2. The van der Waals surface area contributed by atoms with Crippen molar-refractivity contribution in [2.75, 3.05) is 59.0 Å². The molecule has 0 aromatic heterocycles. The van der Waals surface area contributed by atoms with Crippen molar-refractivity contribution in [3.8, 4) is 0 Å². The quantitative estimate of drug-likeness (QED) is 0.352. The maximum Gasteiger partial charge on any atom is 0.404 e. The zero-order chi connectivity index (χ0) is 19.1. The highest BCUT2D eigenvalue weighted by Gasteiger charge is 2.31. The van der Waals surface area contributed by atoms with Crippen molar-refractivity contribution in [2.45, 2.75) is 37.8 Å². The van der Waals surface area contributed by atoms with Crippen molar-refractivity contribution in [1.29, 1.82) is 0 Å². The molecular formula is C18H30N4O5. The maximum atomic E-state index is 12.2. The van der Waals surface area contributed by atoms with Crippen molar-refractivity contribution in [2.24, 2.45) is 0 Å². The lowest BCUT2D eigenvalue weighted by atomic mass is 10.0. The second kappa shape index (κ2) is 10.1. The minimum atomic E-state index is -1.11. The fourth-order valence-corrected chi connectivity index (χ4v) is 3.92. The summed E-state index contributed by atoms with van der Waals surface area (Å²) in [5, 5.41) is 6.55. The molecule has 0 unspecified atom stereocenters. The van der Waals surface area contributed by atoms with Gasteiger partial charge in [-0.1, -0.05) is 0 Å². The number of esters is 2. The average molecular weight is 382 g/mol. The normalized spacial score (nSPS) is 23.2. The van der Waals surface area contributed by atoms with E-state index in [0.717, 1.165) is 65.0 Å². The van der Waals surface area contributed by atoms with Crippen LogP contribution in [0, 0.1) is 0 Å².